The van der Waals surface area contributed by atoms with Crippen LogP contribution in [0.4, 0.5) is 0 Å². The van der Waals surface area contributed by atoms with Gasteiger partial charge < -0.3 is 4.42 Å². The number of hydrogen-bond donors (Lipinski definition) is 0. The minimum atomic E-state index is -1.35. The van der Waals surface area contributed by atoms with Gasteiger partial charge in [0.05, 0.1) is 15.7 Å². The van der Waals surface area contributed by atoms with Crippen LogP contribution in [0.1, 0.15) is 0 Å². The topological polar surface area (TPSA) is 30.2 Å². The Morgan fingerprint density at radius 1 is 0.667 bits per heavy atom. The van der Waals surface area contributed by atoms with Gasteiger partial charge in [0.15, 0.2) is 5.76 Å². The minimum Gasteiger partial charge on any atom is -0.455 e. The third-order valence-electron chi connectivity index (χ3n) is 4.71. The fraction of sp³-hybridized carbons (Fsp3) is 0. The minimum absolute atomic E-state index is 0.670. The second-order valence-corrected chi connectivity index (χ2v) is 7.79. The van der Waals surface area contributed by atoms with Crippen LogP contribution in [0.15, 0.2) is 111 Å². The van der Waals surface area contributed by atoms with Crippen LogP contribution in [-0.2, 0) is 10.8 Å². The van der Waals surface area contributed by atoms with Crippen molar-refractivity contribution in [2.75, 3.05) is 0 Å². The van der Waals surface area contributed by atoms with Crippen LogP contribution >= 0.6 is 0 Å². The summed E-state index contributed by atoms with van der Waals surface area (Å²) in [5.74, 6) is 0.670. The van der Waals surface area contributed by atoms with Gasteiger partial charge in [0.1, 0.15) is 5.58 Å². The molecule has 0 radical (unpaired) electrons. The third kappa shape index (κ3) is 2.68. The Morgan fingerprint density at radius 3 is 2.11 bits per heavy atom. The van der Waals surface area contributed by atoms with Gasteiger partial charge in [-0.25, -0.2) is 4.21 Å². The molecule has 0 saturated carbocycles. The molecule has 0 aliphatic heterocycles. The predicted octanol–water partition coefficient (Wildman–Crippen LogP) is 6.42. The smallest absolute Gasteiger partial charge is 0.151 e. The van der Waals surface area contributed by atoms with E-state index in [1.807, 2.05) is 84.9 Å². The van der Waals surface area contributed by atoms with E-state index in [9.17, 15) is 4.21 Å². The first-order valence-electron chi connectivity index (χ1n) is 8.79. The highest BCUT2D eigenvalue weighted by Gasteiger charge is 2.23. The van der Waals surface area contributed by atoms with Gasteiger partial charge in [0.2, 0.25) is 0 Å². The average Bonchev–Trinajstić information content (AvgIpc) is 3.14. The molecule has 0 amide bonds. The molecule has 0 saturated heterocycles. The lowest BCUT2D eigenvalue weighted by Crippen LogP contribution is -1.94. The Morgan fingerprint density at radius 2 is 1.33 bits per heavy atom. The predicted molar refractivity (Wildman–Crippen MR) is 110 cm³/mol. The van der Waals surface area contributed by atoms with Crippen molar-refractivity contribution in [3.8, 4) is 11.3 Å². The van der Waals surface area contributed by atoms with Crippen LogP contribution in [0.25, 0.3) is 33.1 Å². The van der Waals surface area contributed by atoms with E-state index >= 15 is 0 Å². The summed E-state index contributed by atoms with van der Waals surface area (Å²) in [6.07, 6.45) is 0. The standard InChI is InChI=1S/C24H16O2S/c25-27(19-12-5-2-6-13-19)24-22-20-14-8-7-9-17(20)15-16-21(22)26-23(24)18-10-3-1-4-11-18/h1-16H. The molecule has 0 aliphatic carbocycles. The molecule has 130 valence electrons. The Balaban J connectivity index is 1.90. The number of hydrogen-bond acceptors (Lipinski definition) is 2. The maximum absolute atomic E-state index is 13.6. The van der Waals surface area contributed by atoms with E-state index in [0.717, 1.165) is 37.1 Å². The highest BCUT2D eigenvalue weighted by atomic mass is 32.2. The molecule has 1 aromatic heterocycles. The van der Waals surface area contributed by atoms with Gasteiger partial charge in [0.25, 0.3) is 0 Å². The van der Waals surface area contributed by atoms with Crippen molar-refractivity contribution in [1.82, 2.24) is 0 Å². The van der Waals surface area contributed by atoms with Crippen molar-refractivity contribution >= 4 is 32.5 Å². The van der Waals surface area contributed by atoms with Gasteiger partial charge in [-0.1, -0.05) is 78.9 Å². The molecular weight excluding hydrogens is 352 g/mol. The Kier molecular flexibility index (Phi) is 3.88. The molecule has 3 heteroatoms. The van der Waals surface area contributed by atoms with Crippen LogP contribution in [-0.4, -0.2) is 4.21 Å². The van der Waals surface area contributed by atoms with Crippen molar-refractivity contribution in [3.05, 3.63) is 97.1 Å². The first-order chi connectivity index (χ1) is 13.3. The SMILES string of the molecule is O=S(c1ccccc1)c1c(-c2ccccc2)oc2ccc3ccccc3c12. The molecule has 0 bridgehead atoms. The lowest BCUT2D eigenvalue weighted by molar-refractivity contribution is 0.622. The number of benzene rings is 4. The molecule has 5 rings (SSSR count). The molecule has 1 unspecified atom stereocenters. The highest BCUT2D eigenvalue weighted by Crippen LogP contribution is 2.41. The van der Waals surface area contributed by atoms with Gasteiger partial charge in [-0.2, -0.15) is 0 Å². The second-order valence-electron chi connectivity index (χ2n) is 6.37. The van der Waals surface area contributed by atoms with Gasteiger partial charge in [0, 0.05) is 15.8 Å². The van der Waals surface area contributed by atoms with Crippen molar-refractivity contribution in [2.24, 2.45) is 0 Å². The van der Waals surface area contributed by atoms with Crippen LogP contribution in [0, 0.1) is 0 Å². The monoisotopic (exact) mass is 368 g/mol. The fourth-order valence-electron chi connectivity index (χ4n) is 3.46. The van der Waals surface area contributed by atoms with Crippen molar-refractivity contribution in [1.29, 1.82) is 0 Å². The largest absolute Gasteiger partial charge is 0.455 e. The van der Waals surface area contributed by atoms with Crippen molar-refractivity contribution in [2.45, 2.75) is 9.79 Å². The molecule has 4 aromatic carbocycles. The first kappa shape index (κ1) is 16.0. The summed E-state index contributed by atoms with van der Waals surface area (Å²) in [6, 6.07) is 31.6. The van der Waals surface area contributed by atoms with Gasteiger partial charge in [-0.05, 0) is 29.0 Å². The van der Waals surface area contributed by atoms with Gasteiger partial charge in [-0.3, -0.25) is 0 Å². The zero-order valence-electron chi connectivity index (χ0n) is 14.5. The van der Waals surface area contributed by atoms with Gasteiger partial charge in [-0.15, -0.1) is 0 Å². The molecule has 0 spiro atoms. The van der Waals surface area contributed by atoms with E-state index < -0.39 is 10.8 Å². The second kappa shape index (κ2) is 6.53. The molecule has 5 aromatic rings. The van der Waals surface area contributed by atoms with Crippen LogP contribution in [0.3, 0.4) is 0 Å². The zero-order valence-corrected chi connectivity index (χ0v) is 15.3. The zero-order chi connectivity index (χ0) is 18.2. The molecule has 0 fully saturated rings. The molecule has 0 aliphatic rings. The molecule has 27 heavy (non-hydrogen) atoms. The fourth-order valence-corrected chi connectivity index (χ4v) is 4.82. The van der Waals surface area contributed by atoms with Gasteiger partial charge >= 0.3 is 0 Å². The number of furan rings is 1. The van der Waals surface area contributed by atoms with E-state index in [1.165, 1.54) is 0 Å². The van der Waals surface area contributed by atoms with E-state index in [1.54, 1.807) is 0 Å². The van der Waals surface area contributed by atoms with E-state index in [2.05, 4.69) is 12.1 Å². The molecule has 1 atom stereocenters. The number of rotatable bonds is 3. The molecule has 1 heterocycles. The average molecular weight is 368 g/mol. The summed E-state index contributed by atoms with van der Waals surface area (Å²) >= 11 is 0. The highest BCUT2D eigenvalue weighted by molar-refractivity contribution is 7.85. The summed E-state index contributed by atoms with van der Waals surface area (Å²) in [4.78, 5) is 1.50. The normalized spacial score (nSPS) is 12.4. The van der Waals surface area contributed by atoms with Crippen LogP contribution in [0.2, 0.25) is 0 Å². The maximum atomic E-state index is 13.6. The molecular formula is C24H16O2S. The Labute approximate surface area is 159 Å². The first-order valence-corrected chi connectivity index (χ1v) is 9.94. The van der Waals surface area contributed by atoms with E-state index in [4.69, 9.17) is 4.42 Å². The summed E-state index contributed by atoms with van der Waals surface area (Å²) in [6.45, 7) is 0. The third-order valence-corrected chi connectivity index (χ3v) is 6.18. The Bertz CT molecular complexity index is 1270. The lowest BCUT2D eigenvalue weighted by atomic mass is 10.1. The quantitative estimate of drug-likeness (QED) is 0.368. The van der Waals surface area contributed by atoms with Crippen LogP contribution < -0.4 is 0 Å². The number of fused-ring (bicyclic) bond motifs is 3. The Hall–Kier alpha value is -3.17. The summed E-state index contributed by atoms with van der Waals surface area (Å²) in [5.41, 5.74) is 1.68. The summed E-state index contributed by atoms with van der Waals surface area (Å²) in [7, 11) is -1.35. The van der Waals surface area contributed by atoms with Crippen molar-refractivity contribution < 1.29 is 8.63 Å². The lowest BCUT2D eigenvalue weighted by Gasteiger charge is -2.05. The van der Waals surface area contributed by atoms with E-state index in [-0.39, 0.29) is 0 Å². The van der Waals surface area contributed by atoms with Crippen molar-refractivity contribution in [3.63, 3.8) is 0 Å². The summed E-state index contributed by atoms with van der Waals surface area (Å²) < 4.78 is 19.9. The molecule has 0 N–H and O–H groups in total. The summed E-state index contributed by atoms with van der Waals surface area (Å²) in [5, 5.41) is 3.09. The van der Waals surface area contributed by atoms with E-state index in [0.29, 0.717) is 5.76 Å². The molecule has 2 nitrogen and oxygen atoms in total. The van der Waals surface area contributed by atoms with Crippen LogP contribution in [0.5, 0.6) is 0 Å². The maximum Gasteiger partial charge on any atom is 0.151 e.